The quantitative estimate of drug-likeness (QED) is 0.768. The highest BCUT2D eigenvalue weighted by Crippen LogP contribution is 2.14. The second-order valence-corrected chi connectivity index (χ2v) is 4.25. The molecule has 2 rings (SSSR count). The van der Waals surface area contributed by atoms with Crippen LogP contribution in [0.4, 0.5) is 0 Å². The molecule has 2 aromatic rings. The molecule has 0 saturated heterocycles. The first-order valence-corrected chi connectivity index (χ1v) is 5.79. The summed E-state index contributed by atoms with van der Waals surface area (Å²) in [5, 5.41) is 4.03. The summed E-state index contributed by atoms with van der Waals surface area (Å²) in [6, 6.07) is 7.15. The van der Waals surface area contributed by atoms with Crippen LogP contribution in [0.2, 0.25) is 0 Å². The lowest BCUT2D eigenvalue weighted by Gasteiger charge is -2.10. The van der Waals surface area contributed by atoms with Gasteiger partial charge < -0.3 is 4.74 Å². The van der Waals surface area contributed by atoms with Crippen LogP contribution in [-0.4, -0.2) is 22.9 Å². The molecule has 0 spiro atoms. The third-order valence-electron chi connectivity index (χ3n) is 2.79. The first-order chi connectivity index (χ1) is 9.02. The predicted molar refractivity (Wildman–Crippen MR) is 70.6 cm³/mol. The zero-order valence-corrected chi connectivity index (χ0v) is 11.0. The molecule has 5 nitrogen and oxygen atoms in total. The third kappa shape index (κ3) is 2.54. The van der Waals surface area contributed by atoms with Gasteiger partial charge in [-0.2, -0.15) is 5.10 Å². The largest absolute Gasteiger partial charge is 0.464 e. The second-order valence-electron chi connectivity index (χ2n) is 4.25. The Labute approximate surface area is 110 Å². The van der Waals surface area contributed by atoms with E-state index in [1.807, 2.05) is 32.0 Å². The average molecular weight is 258 g/mol. The lowest BCUT2D eigenvalue weighted by molar-refractivity contribution is 0.0590. The first-order valence-electron chi connectivity index (χ1n) is 5.79. The van der Waals surface area contributed by atoms with Crippen LogP contribution in [0.1, 0.15) is 21.6 Å². The van der Waals surface area contributed by atoms with E-state index >= 15 is 0 Å². The molecular weight excluding hydrogens is 244 g/mol. The molecule has 0 saturated carbocycles. The van der Waals surface area contributed by atoms with Crippen LogP contribution < -0.4 is 5.43 Å². The van der Waals surface area contributed by atoms with Gasteiger partial charge in [0.15, 0.2) is 0 Å². The van der Waals surface area contributed by atoms with E-state index < -0.39 is 11.4 Å². The molecule has 98 valence electrons. The van der Waals surface area contributed by atoms with E-state index in [-0.39, 0.29) is 5.69 Å². The minimum atomic E-state index is -0.732. The molecule has 1 aromatic heterocycles. The van der Waals surface area contributed by atoms with Crippen molar-refractivity contribution in [2.45, 2.75) is 13.8 Å². The van der Waals surface area contributed by atoms with Gasteiger partial charge in [-0.15, -0.1) is 0 Å². The first kappa shape index (κ1) is 13.0. The van der Waals surface area contributed by atoms with Gasteiger partial charge in [0.2, 0.25) is 11.1 Å². The fourth-order valence-electron chi connectivity index (χ4n) is 1.84. The van der Waals surface area contributed by atoms with E-state index in [0.29, 0.717) is 0 Å². The Hall–Kier alpha value is -2.43. The number of rotatable bonds is 2. The van der Waals surface area contributed by atoms with Crippen molar-refractivity contribution in [1.29, 1.82) is 0 Å². The van der Waals surface area contributed by atoms with E-state index in [2.05, 4.69) is 9.84 Å². The molecule has 0 aliphatic rings. The fourth-order valence-corrected chi connectivity index (χ4v) is 1.84. The highest BCUT2D eigenvalue weighted by Gasteiger charge is 2.13. The number of hydrogen-bond donors (Lipinski definition) is 0. The molecule has 19 heavy (non-hydrogen) atoms. The van der Waals surface area contributed by atoms with Crippen molar-refractivity contribution in [1.82, 2.24) is 9.78 Å². The van der Waals surface area contributed by atoms with Crippen molar-refractivity contribution in [2.24, 2.45) is 0 Å². The molecular formula is C14H14N2O3. The number of nitrogens with zero attached hydrogens (tertiary/aromatic N) is 2. The predicted octanol–water partition coefficient (Wildman–Crippen LogP) is 1.64. The van der Waals surface area contributed by atoms with Gasteiger partial charge in [0, 0.05) is 12.3 Å². The Morgan fingerprint density at radius 3 is 2.63 bits per heavy atom. The summed E-state index contributed by atoms with van der Waals surface area (Å²) < 4.78 is 6.04. The van der Waals surface area contributed by atoms with E-state index in [1.54, 1.807) is 0 Å². The van der Waals surface area contributed by atoms with Crippen LogP contribution in [-0.2, 0) is 4.74 Å². The van der Waals surface area contributed by atoms with Gasteiger partial charge in [-0.25, -0.2) is 9.48 Å². The topological polar surface area (TPSA) is 61.2 Å². The van der Waals surface area contributed by atoms with Gasteiger partial charge in [-0.3, -0.25) is 4.79 Å². The normalized spacial score (nSPS) is 10.3. The molecule has 1 aromatic carbocycles. The number of carbonyl (C=O) groups excluding carboxylic acids is 1. The molecule has 0 unspecified atom stereocenters. The SMILES string of the molecule is COC(=O)c1nn(-c2ccc(C)cc2C)ccc1=O. The maximum absolute atomic E-state index is 11.6. The molecule has 0 aliphatic carbocycles. The maximum atomic E-state index is 11.6. The summed E-state index contributed by atoms with van der Waals surface area (Å²) in [5.74, 6) is -0.732. The molecule has 0 radical (unpaired) electrons. The lowest BCUT2D eigenvalue weighted by Crippen LogP contribution is -2.21. The Morgan fingerprint density at radius 2 is 2.00 bits per heavy atom. The highest BCUT2D eigenvalue weighted by atomic mass is 16.5. The van der Waals surface area contributed by atoms with Crippen molar-refractivity contribution in [3.05, 3.63) is 57.5 Å². The Bertz CT molecular complexity index is 689. The summed E-state index contributed by atoms with van der Waals surface area (Å²) in [4.78, 5) is 23.0. The lowest BCUT2D eigenvalue weighted by atomic mass is 10.1. The number of benzene rings is 1. The van der Waals surface area contributed by atoms with Crippen LogP contribution >= 0.6 is 0 Å². The fraction of sp³-hybridized carbons (Fsp3) is 0.214. The maximum Gasteiger partial charge on any atom is 0.362 e. The number of methoxy groups -OCH3 is 1. The van der Waals surface area contributed by atoms with Crippen LogP contribution in [0.25, 0.3) is 5.69 Å². The minimum Gasteiger partial charge on any atom is -0.464 e. The summed E-state index contributed by atoms with van der Waals surface area (Å²) in [6.07, 6.45) is 1.53. The molecule has 0 fully saturated rings. The molecule has 0 amide bonds. The number of hydrogen-bond acceptors (Lipinski definition) is 4. The van der Waals surface area contributed by atoms with Crippen LogP contribution in [0.3, 0.4) is 0 Å². The van der Waals surface area contributed by atoms with Gasteiger partial charge in [0.1, 0.15) is 0 Å². The Kier molecular flexibility index (Phi) is 3.46. The van der Waals surface area contributed by atoms with Gasteiger partial charge in [-0.05, 0) is 25.5 Å². The van der Waals surface area contributed by atoms with Crippen molar-refractivity contribution in [2.75, 3.05) is 7.11 Å². The number of aryl methyl sites for hydroxylation is 2. The summed E-state index contributed by atoms with van der Waals surface area (Å²) >= 11 is 0. The summed E-state index contributed by atoms with van der Waals surface area (Å²) in [7, 11) is 1.22. The van der Waals surface area contributed by atoms with Crippen molar-refractivity contribution in [3.63, 3.8) is 0 Å². The van der Waals surface area contributed by atoms with Gasteiger partial charge in [-0.1, -0.05) is 17.7 Å². The number of esters is 1. The zero-order chi connectivity index (χ0) is 14.0. The van der Waals surface area contributed by atoms with Crippen LogP contribution in [0.5, 0.6) is 0 Å². The molecule has 5 heteroatoms. The number of ether oxygens (including phenoxy) is 1. The Balaban J connectivity index is 2.57. The van der Waals surface area contributed by atoms with Crippen LogP contribution in [0.15, 0.2) is 35.3 Å². The smallest absolute Gasteiger partial charge is 0.362 e. The van der Waals surface area contributed by atoms with Gasteiger partial charge >= 0.3 is 5.97 Å². The third-order valence-corrected chi connectivity index (χ3v) is 2.79. The van der Waals surface area contributed by atoms with Crippen molar-refractivity contribution < 1.29 is 9.53 Å². The highest BCUT2D eigenvalue weighted by molar-refractivity contribution is 5.86. The molecule has 0 N–H and O–H groups in total. The van der Waals surface area contributed by atoms with E-state index in [4.69, 9.17) is 0 Å². The molecule has 0 aliphatic heterocycles. The van der Waals surface area contributed by atoms with Crippen molar-refractivity contribution >= 4 is 5.97 Å². The van der Waals surface area contributed by atoms with E-state index in [1.165, 1.54) is 24.1 Å². The zero-order valence-electron chi connectivity index (χ0n) is 11.0. The molecule has 1 heterocycles. The molecule has 0 atom stereocenters. The van der Waals surface area contributed by atoms with E-state index in [9.17, 15) is 9.59 Å². The minimum absolute atomic E-state index is 0.218. The standard InChI is InChI=1S/C14H14N2O3/c1-9-4-5-11(10(2)8-9)16-7-6-12(17)13(15-16)14(18)19-3/h4-8H,1-3H3. The van der Waals surface area contributed by atoms with E-state index in [0.717, 1.165) is 16.8 Å². The second kappa shape index (κ2) is 5.06. The van der Waals surface area contributed by atoms with Gasteiger partial charge in [0.05, 0.1) is 12.8 Å². The average Bonchev–Trinajstić information content (AvgIpc) is 2.39. The Morgan fingerprint density at radius 1 is 1.26 bits per heavy atom. The summed E-state index contributed by atoms with van der Waals surface area (Å²) in [6.45, 7) is 3.94. The van der Waals surface area contributed by atoms with Crippen LogP contribution in [0, 0.1) is 13.8 Å². The number of carbonyl (C=O) groups is 1. The molecule has 0 bridgehead atoms. The summed E-state index contributed by atoms with van der Waals surface area (Å²) in [5.41, 5.74) is 2.29. The van der Waals surface area contributed by atoms with Crippen molar-refractivity contribution in [3.8, 4) is 5.69 Å². The monoisotopic (exact) mass is 258 g/mol. The number of aromatic nitrogens is 2. The van der Waals surface area contributed by atoms with Gasteiger partial charge in [0.25, 0.3) is 0 Å².